The lowest BCUT2D eigenvalue weighted by Crippen LogP contribution is -2.40. The van der Waals surface area contributed by atoms with E-state index in [0.29, 0.717) is 50.0 Å². The minimum atomic E-state index is -0.0492. The topological polar surface area (TPSA) is 92.7 Å². The van der Waals surface area contributed by atoms with Gasteiger partial charge in [0.25, 0.3) is 0 Å². The molecular weight excluding hydrogens is 416 g/mol. The van der Waals surface area contributed by atoms with Crippen LogP contribution in [0.2, 0.25) is 0 Å². The number of benzene rings is 1. The number of anilines is 2. The number of nitrogens with one attached hydrogen (secondary N) is 1. The number of carbonyl (C=O) groups excluding carboxylic acids is 1. The second-order valence-electron chi connectivity index (χ2n) is 7.47. The van der Waals surface area contributed by atoms with Crippen molar-refractivity contribution in [1.82, 2.24) is 20.3 Å². The van der Waals surface area contributed by atoms with Gasteiger partial charge >= 0.3 is 0 Å². The van der Waals surface area contributed by atoms with E-state index in [2.05, 4.69) is 25.1 Å². The van der Waals surface area contributed by atoms with Crippen molar-refractivity contribution in [2.75, 3.05) is 68.2 Å². The fourth-order valence-corrected chi connectivity index (χ4v) is 3.95. The Morgan fingerprint density at radius 1 is 0.935 bits per heavy atom. The van der Waals surface area contributed by atoms with Crippen LogP contribution in [0.1, 0.15) is 11.1 Å². The smallest absolute Gasteiger partial charge is 0.231 e. The van der Waals surface area contributed by atoms with Crippen LogP contribution in [0.25, 0.3) is 0 Å². The van der Waals surface area contributed by atoms with Crippen molar-refractivity contribution < 1.29 is 14.3 Å². The van der Waals surface area contributed by atoms with Gasteiger partial charge in [0.1, 0.15) is 0 Å². The molecule has 4 rings (SSSR count). The van der Waals surface area contributed by atoms with Crippen LogP contribution in [-0.2, 0) is 20.8 Å². The molecule has 0 bridgehead atoms. The molecule has 0 spiro atoms. The summed E-state index contributed by atoms with van der Waals surface area (Å²) < 4.78 is 10.9. The van der Waals surface area contributed by atoms with E-state index in [1.54, 1.807) is 0 Å². The molecule has 31 heavy (non-hydrogen) atoms. The summed E-state index contributed by atoms with van der Waals surface area (Å²) >= 11 is 1.33. The van der Waals surface area contributed by atoms with Gasteiger partial charge in [-0.15, -0.1) is 0 Å². The summed E-state index contributed by atoms with van der Waals surface area (Å²) in [6.45, 7) is 8.15. The van der Waals surface area contributed by atoms with E-state index in [4.69, 9.17) is 14.5 Å². The molecule has 1 aromatic heterocycles. The van der Waals surface area contributed by atoms with Crippen LogP contribution in [0.5, 0.6) is 0 Å². The SMILES string of the molecule is Cc1ccc(CNC(=O)CSc2nc(N3CCOCC3)nc(N3CCOCC3)n2)cc1. The van der Waals surface area contributed by atoms with E-state index in [9.17, 15) is 4.79 Å². The van der Waals surface area contributed by atoms with Crippen LogP contribution in [0, 0.1) is 6.92 Å². The van der Waals surface area contributed by atoms with Gasteiger partial charge in [0.15, 0.2) is 5.16 Å². The summed E-state index contributed by atoms with van der Waals surface area (Å²) in [6, 6.07) is 8.14. The van der Waals surface area contributed by atoms with Crippen LogP contribution in [0.3, 0.4) is 0 Å². The Balaban J connectivity index is 1.40. The maximum atomic E-state index is 12.4. The lowest BCUT2D eigenvalue weighted by Gasteiger charge is -2.30. The Morgan fingerprint density at radius 2 is 1.48 bits per heavy atom. The molecule has 9 nitrogen and oxygen atoms in total. The number of hydrogen-bond acceptors (Lipinski definition) is 9. The zero-order chi connectivity index (χ0) is 21.5. The molecule has 3 heterocycles. The predicted octanol–water partition coefficient (Wildman–Crippen LogP) is 1.26. The number of aromatic nitrogens is 3. The minimum Gasteiger partial charge on any atom is -0.378 e. The van der Waals surface area contributed by atoms with Crippen LogP contribution < -0.4 is 15.1 Å². The van der Waals surface area contributed by atoms with Gasteiger partial charge in [-0.1, -0.05) is 41.6 Å². The average molecular weight is 445 g/mol. The van der Waals surface area contributed by atoms with Crippen molar-refractivity contribution in [2.24, 2.45) is 0 Å². The molecule has 2 saturated heterocycles. The molecular formula is C21H28N6O3S. The molecule has 10 heteroatoms. The number of ether oxygens (including phenoxy) is 2. The predicted molar refractivity (Wildman–Crippen MR) is 120 cm³/mol. The quantitative estimate of drug-likeness (QED) is 0.634. The molecule has 2 aromatic rings. The third-order valence-corrected chi connectivity index (χ3v) is 5.97. The number of carbonyl (C=O) groups is 1. The second kappa shape index (κ2) is 10.7. The van der Waals surface area contributed by atoms with Gasteiger partial charge in [-0.25, -0.2) is 0 Å². The molecule has 1 aromatic carbocycles. The Morgan fingerprint density at radius 3 is 2.03 bits per heavy atom. The highest BCUT2D eigenvalue weighted by Crippen LogP contribution is 2.22. The second-order valence-corrected chi connectivity index (χ2v) is 8.41. The van der Waals surface area contributed by atoms with Crippen molar-refractivity contribution >= 4 is 29.6 Å². The van der Waals surface area contributed by atoms with Gasteiger partial charge in [0.2, 0.25) is 17.8 Å². The molecule has 0 saturated carbocycles. The van der Waals surface area contributed by atoms with Crippen molar-refractivity contribution in [3.8, 4) is 0 Å². The Bertz CT molecular complexity index is 834. The van der Waals surface area contributed by atoms with E-state index in [1.807, 2.05) is 31.2 Å². The monoisotopic (exact) mass is 444 g/mol. The Kier molecular flexibility index (Phi) is 7.55. The first-order valence-electron chi connectivity index (χ1n) is 10.5. The molecule has 2 fully saturated rings. The number of nitrogens with zero attached hydrogens (tertiary/aromatic N) is 5. The summed E-state index contributed by atoms with van der Waals surface area (Å²) in [5, 5.41) is 3.52. The molecule has 0 radical (unpaired) electrons. The van der Waals surface area contributed by atoms with E-state index in [1.165, 1.54) is 17.3 Å². The van der Waals surface area contributed by atoms with E-state index < -0.39 is 0 Å². The number of hydrogen-bond donors (Lipinski definition) is 1. The molecule has 0 unspecified atom stereocenters. The molecule has 166 valence electrons. The largest absolute Gasteiger partial charge is 0.378 e. The fraction of sp³-hybridized carbons (Fsp3) is 0.524. The van der Waals surface area contributed by atoms with E-state index >= 15 is 0 Å². The van der Waals surface area contributed by atoms with Gasteiger partial charge in [0, 0.05) is 32.7 Å². The first-order valence-corrected chi connectivity index (χ1v) is 11.5. The van der Waals surface area contributed by atoms with Crippen LogP contribution >= 0.6 is 11.8 Å². The van der Waals surface area contributed by atoms with Crippen LogP contribution in [0.4, 0.5) is 11.9 Å². The lowest BCUT2D eigenvalue weighted by atomic mass is 10.1. The van der Waals surface area contributed by atoms with Crippen molar-refractivity contribution in [3.05, 3.63) is 35.4 Å². The summed E-state index contributed by atoms with van der Waals surface area (Å²) in [6.07, 6.45) is 0. The molecule has 2 aliphatic heterocycles. The Labute approximate surface area is 186 Å². The molecule has 0 atom stereocenters. The van der Waals surface area contributed by atoms with Crippen LogP contribution in [-0.4, -0.2) is 79.2 Å². The van der Waals surface area contributed by atoms with Gasteiger partial charge in [-0.3, -0.25) is 4.79 Å². The zero-order valence-corrected chi connectivity index (χ0v) is 18.6. The maximum absolute atomic E-state index is 12.4. The highest BCUT2D eigenvalue weighted by Gasteiger charge is 2.21. The molecule has 0 aliphatic carbocycles. The summed E-state index contributed by atoms with van der Waals surface area (Å²) in [5.41, 5.74) is 2.28. The summed E-state index contributed by atoms with van der Waals surface area (Å²) in [4.78, 5) is 30.5. The Hall–Kier alpha value is -2.43. The van der Waals surface area contributed by atoms with E-state index in [-0.39, 0.29) is 11.7 Å². The van der Waals surface area contributed by atoms with Crippen molar-refractivity contribution in [2.45, 2.75) is 18.6 Å². The van der Waals surface area contributed by atoms with Gasteiger partial charge in [0.05, 0.1) is 32.2 Å². The molecule has 1 N–H and O–H groups in total. The fourth-order valence-electron chi connectivity index (χ4n) is 3.30. The van der Waals surface area contributed by atoms with Gasteiger partial charge in [-0.05, 0) is 12.5 Å². The highest BCUT2D eigenvalue weighted by atomic mass is 32.2. The zero-order valence-electron chi connectivity index (χ0n) is 17.7. The maximum Gasteiger partial charge on any atom is 0.231 e. The van der Waals surface area contributed by atoms with Crippen LogP contribution in [0.15, 0.2) is 29.4 Å². The van der Waals surface area contributed by atoms with Crippen molar-refractivity contribution in [1.29, 1.82) is 0 Å². The van der Waals surface area contributed by atoms with Crippen molar-refractivity contribution in [3.63, 3.8) is 0 Å². The third-order valence-electron chi connectivity index (χ3n) is 5.12. The summed E-state index contributed by atoms with van der Waals surface area (Å²) in [5.74, 6) is 1.48. The standard InChI is InChI=1S/C21H28N6O3S/c1-16-2-4-17(5-3-16)14-22-18(28)15-31-21-24-19(26-6-10-29-11-7-26)23-20(25-21)27-8-12-30-13-9-27/h2-5H,6-15H2,1H3,(H,22,28). The highest BCUT2D eigenvalue weighted by molar-refractivity contribution is 7.99. The number of morpholine rings is 2. The van der Waals surface area contributed by atoms with Gasteiger partial charge in [-0.2, -0.15) is 15.0 Å². The van der Waals surface area contributed by atoms with E-state index in [0.717, 1.165) is 31.7 Å². The number of aryl methyl sites for hydroxylation is 1. The first-order chi connectivity index (χ1) is 15.2. The first kappa shape index (κ1) is 21.8. The normalized spacial score (nSPS) is 16.9. The minimum absolute atomic E-state index is 0.0492. The number of thioether (sulfide) groups is 1. The average Bonchev–Trinajstić information content (AvgIpc) is 2.83. The number of amides is 1. The number of rotatable bonds is 7. The lowest BCUT2D eigenvalue weighted by molar-refractivity contribution is -0.118. The summed E-state index contributed by atoms with van der Waals surface area (Å²) in [7, 11) is 0. The molecule has 2 aliphatic rings. The molecule has 1 amide bonds. The third kappa shape index (κ3) is 6.28. The van der Waals surface area contributed by atoms with Gasteiger partial charge < -0.3 is 24.6 Å².